The Hall–Kier alpha value is 0.0700. The van der Waals surface area contributed by atoms with Crippen LogP contribution < -0.4 is 5.32 Å². The van der Waals surface area contributed by atoms with Crippen LogP contribution >= 0.6 is 7.60 Å². The Morgan fingerprint density at radius 1 is 1.55 bits per heavy atom. The quantitative estimate of drug-likeness (QED) is 0.340. The molecule has 0 aromatic rings. The van der Waals surface area contributed by atoms with E-state index in [-0.39, 0.29) is 6.61 Å². The Morgan fingerprint density at radius 3 is 2.45 bits per heavy atom. The van der Waals surface area contributed by atoms with Gasteiger partial charge in [0.1, 0.15) is 5.78 Å². The third kappa shape index (κ3) is 5.35. The van der Waals surface area contributed by atoms with Crippen molar-refractivity contribution in [2.24, 2.45) is 0 Å². The summed E-state index contributed by atoms with van der Waals surface area (Å²) in [4.78, 5) is 17.1. The molecule has 0 aliphatic heterocycles. The fourth-order valence-electron chi connectivity index (χ4n) is 0.509. The molecule has 6 heteroatoms. The molecule has 0 aliphatic rings. The Bertz CT molecular complexity index is 145. The van der Waals surface area contributed by atoms with Gasteiger partial charge in [-0.15, -0.1) is 0 Å². The van der Waals surface area contributed by atoms with Crippen LogP contribution in [0.25, 0.3) is 0 Å². The van der Waals surface area contributed by atoms with E-state index < -0.39 is 13.4 Å². The second kappa shape index (κ2) is 4.85. The molecule has 0 aliphatic carbocycles. The summed E-state index contributed by atoms with van der Waals surface area (Å²) in [5, 5.41) is 10.9. The Morgan fingerprint density at radius 2 is 2.09 bits per heavy atom. The van der Waals surface area contributed by atoms with Crippen molar-refractivity contribution in [3.05, 3.63) is 0 Å². The van der Waals surface area contributed by atoms with E-state index in [0.29, 0.717) is 13.0 Å². The number of hydrogen-bond donors (Lipinski definition) is 4. The standard InChI is InChI=1S/C5H14NO4P/c1-5(11(8,9)10)6-3-2-4-7/h5-7H,2-4H2,1H3,(H2,8,9,10). The lowest BCUT2D eigenvalue weighted by molar-refractivity contribution is 0.283. The topological polar surface area (TPSA) is 89.8 Å². The largest absolute Gasteiger partial charge is 0.396 e. The SMILES string of the molecule is CC(NCCCO)P(=O)(O)O. The lowest BCUT2D eigenvalue weighted by atomic mass is 10.4. The van der Waals surface area contributed by atoms with Gasteiger partial charge in [-0.3, -0.25) is 4.57 Å². The lowest BCUT2D eigenvalue weighted by Crippen LogP contribution is -2.27. The molecule has 0 radical (unpaired) electrons. The molecule has 5 nitrogen and oxygen atoms in total. The van der Waals surface area contributed by atoms with Crippen LogP contribution in [0, 0.1) is 0 Å². The maximum atomic E-state index is 10.5. The highest BCUT2D eigenvalue weighted by molar-refractivity contribution is 7.52. The van der Waals surface area contributed by atoms with E-state index >= 15 is 0 Å². The summed E-state index contributed by atoms with van der Waals surface area (Å²) in [6.45, 7) is 1.86. The van der Waals surface area contributed by atoms with Crippen molar-refractivity contribution in [3.8, 4) is 0 Å². The summed E-state index contributed by atoms with van der Waals surface area (Å²) in [6, 6.07) is 0. The monoisotopic (exact) mass is 183 g/mol. The fraction of sp³-hybridized carbons (Fsp3) is 1.00. The van der Waals surface area contributed by atoms with Gasteiger partial charge in [-0.2, -0.15) is 0 Å². The van der Waals surface area contributed by atoms with Gasteiger partial charge in [0, 0.05) is 6.61 Å². The highest BCUT2D eigenvalue weighted by atomic mass is 31.2. The molecule has 11 heavy (non-hydrogen) atoms. The molecule has 4 N–H and O–H groups in total. The molecular weight excluding hydrogens is 169 g/mol. The van der Waals surface area contributed by atoms with Crippen molar-refractivity contribution >= 4 is 7.60 Å². The van der Waals surface area contributed by atoms with E-state index in [1.54, 1.807) is 0 Å². The predicted octanol–water partition coefficient (Wildman–Crippen LogP) is -0.518. The smallest absolute Gasteiger partial charge is 0.342 e. The van der Waals surface area contributed by atoms with Crippen molar-refractivity contribution in [3.63, 3.8) is 0 Å². The highest BCUT2D eigenvalue weighted by Crippen LogP contribution is 2.38. The molecule has 0 fully saturated rings. The molecule has 0 rings (SSSR count). The van der Waals surface area contributed by atoms with E-state index in [9.17, 15) is 4.57 Å². The molecule has 0 heterocycles. The molecule has 1 unspecified atom stereocenters. The van der Waals surface area contributed by atoms with Crippen LogP contribution in [0.15, 0.2) is 0 Å². The van der Waals surface area contributed by atoms with Crippen LogP contribution in [0.3, 0.4) is 0 Å². The number of hydrogen-bond acceptors (Lipinski definition) is 3. The minimum absolute atomic E-state index is 0.0286. The summed E-state index contributed by atoms with van der Waals surface area (Å²) in [5.74, 6) is -0.825. The molecule has 0 aromatic carbocycles. The Balaban J connectivity index is 3.53. The van der Waals surface area contributed by atoms with E-state index in [2.05, 4.69) is 5.32 Å². The fourth-order valence-corrected chi connectivity index (χ4v) is 0.876. The summed E-state index contributed by atoms with van der Waals surface area (Å²) < 4.78 is 10.5. The number of aliphatic hydroxyl groups is 1. The van der Waals surface area contributed by atoms with Crippen molar-refractivity contribution in [2.75, 3.05) is 13.2 Å². The zero-order chi connectivity index (χ0) is 8.91. The van der Waals surface area contributed by atoms with Crippen LogP contribution in [0.4, 0.5) is 0 Å². The van der Waals surface area contributed by atoms with Crippen molar-refractivity contribution in [2.45, 2.75) is 19.1 Å². The molecule has 0 spiro atoms. The second-order valence-corrected chi connectivity index (χ2v) is 4.25. The summed E-state index contributed by atoms with van der Waals surface area (Å²) in [6.07, 6.45) is 0.504. The first-order valence-corrected chi connectivity index (χ1v) is 5.06. The minimum Gasteiger partial charge on any atom is -0.396 e. The first kappa shape index (κ1) is 11.1. The molecule has 1 atom stereocenters. The van der Waals surface area contributed by atoms with Gasteiger partial charge in [-0.1, -0.05) is 0 Å². The zero-order valence-corrected chi connectivity index (χ0v) is 7.29. The van der Waals surface area contributed by atoms with Crippen LogP contribution in [0.5, 0.6) is 0 Å². The molecule has 0 saturated carbocycles. The van der Waals surface area contributed by atoms with Gasteiger partial charge in [0.05, 0.1) is 0 Å². The van der Waals surface area contributed by atoms with Gasteiger partial charge in [-0.05, 0) is 19.9 Å². The summed E-state index contributed by atoms with van der Waals surface area (Å²) in [5.41, 5.74) is 0. The first-order valence-electron chi connectivity index (χ1n) is 3.38. The van der Waals surface area contributed by atoms with Gasteiger partial charge in [0.15, 0.2) is 0 Å². The molecule has 0 bridgehead atoms. The first-order chi connectivity index (χ1) is 4.98. The zero-order valence-electron chi connectivity index (χ0n) is 6.40. The number of rotatable bonds is 5. The van der Waals surface area contributed by atoms with Crippen molar-refractivity contribution in [1.82, 2.24) is 5.32 Å². The average molecular weight is 183 g/mol. The number of aliphatic hydroxyl groups excluding tert-OH is 1. The minimum atomic E-state index is -3.99. The molecule has 68 valence electrons. The third-order valence-corrected chi connectivity index (χ3v) is 2.47. The highest BCUT2D eigenvalue weighted by Gasteiger charge is 2.22. The number of nitrogens with one attached hydrogen (secondary N) is 1. The maximum absolute atomic E-state index is 10.5. The van der Waals surface area contributed by atoms with E-state index in [0.717, 1.165) is 0 Å². The van der Waals surface area contributed by atoms with Crippen molar-refractivity contribution in [1.29, 1.82) is 0 Å². The molecular formula is C5H14NO4P. The van der Waals surface area contributed by atoms with E-state index in [4.69, 9.17) is 14.9 Å². The van der Waals surface area contributed by atoms with Crippen LogP contribution in [-0.4, -0.2) is 33.8 Å². The average Bonchev–Trinajstić information content (AvgIpc) is 1.86. The summed E-state index contributed by atoms with van der Waals surface area (Å²) in [7, 11) is -3.99. The van der Waals surface area contributed by atoms with Gasteiger partial charge < -0.3 is 20.2 Å². The van der Waals surface area contributed by atoms with Gasteiger partial charge in [0.2, 0.25) is 0 Å². The van der Waals surface area contributed by atoms with Gasteiger partial charge >= 0.3 is 7.60 Å². The lowest BCUT2D eigenvalue weighted by Gasteiger charge is -2.14. The van der Waals surface area contributed by atoms with E-state index in [1.807, 2.05) is 0 Å². The second-order valence-electron chi connectivity index (χ2n) is 2.30. The predicted molar refractivity (Wildman–Crippen MR) is 41.2 cm³/mol. The van der Waals surface area contributed by atoms with E-state index in [1.165, 1.54) is 6.92 Å². The molecule has 0 saturated heterocycles. The molecule has 0 amide bonds. The van der Waals surface area contributed by atoms with Crippen LogP contribution in [0.2, 0.25) is 0 Å². The third-order valence-electron chi connectivity index (χ3n) is 1.28. The van der Waals surface area contributed by atoms with Crippen LogP contribution in [0.1, 0.15) is 13.3 Å². The van der Waals surface area contributed by atoms with Crippen molar-refractivity contribution < 1.29 is 19.5 Å². The van der Waals surface area contributed by atoms with Crippen LogP contribution in [-0.2, 0) is 4.57 Å². The Labute approximate surface area is 65.6 Å². The summed E-state index contributed by atoms with van der Waals surface area (Å²) >= 11 is 0. The normalized spacial score (nSPS) is 14.9. The van der Waals surface area contributed by atoms with Gasteiger partial charge in [0.25, 0.3) is 0 Å². The van der Waals surface area contributed by atoms with Gasteiger partial charge in [-0.25, -0.2) is 0 Å². The maximum Gasteiger partial charge on any atom is 0.342 e. The molecule has 0 aromatic heterocycles. The Kier molecular flexibility index (Phi) is 4.88.